The molecule has 2 aromatic rings. The van der Waals surface area contributed by atoms with Gasteiger partial charge < -0.3 is 9.84 Å². The Morgan fingerprint density at radius 2 is 2.11 bits per heavy atom. The van der Waals surface area contributed by atoms with Gasteiger partial charge in [0.05, 0.1) is 23.2 Å². The van der Waals surface area contributed by atoms with Crippen molar-refractivity contribution in [2.45, 2.75) is 13.2 Å². The highest BCUT2D eigenvalue weighted by Gasteiger charge is 2.16. The Kier molecular flexibility index (Phi) is 3.78. The van der Waals surface area contributed by atoms with Crippen LogP contribution in [0.4, 0.5) is 13.2 Å². The average Bonchev–Trinajstić information content (AvgIpc) is 2.79. The summed E-state index contributed by atoms with van der Waals surface area (Å²) < 4.78 is 41.6. The van der Waals surface area contributed by atoms with Gasteiger partial charge in [-0.2, -0.15) is 8.78 Å². The number of aromatic nitrogens is 2. The molecule has 1 N–H and O–H groups in total. The van der Waals surface area contributed by atoms with E-state index in [9.17, 15) is 13.2 Å². The number of aliphatic hydroxyl groups is 1. The van der Waals surface area contributed by atoms with Gasteiger partial charge in [-0.25, -0.2) is 14.4 Å². The van der Waals surface area contributed by atoms with Crippen molar-refractivity contribution in [3.05, 3.63) is 29.2 Å². The van der Waals surface area contributed by atoms with E-state index in [1.54, 1.807) is 0 Å². The number of alkyl halides is 2. The number of halogens is 3. The van der Waals surface area contributed by atoms with Gasteiger partial charge in [0, 0.05) is 6.20 Å². The van der Waals surface area contributed by atoms with Crippen LogP contribution >= 0.6 is 11.3 Å². The highest BCUT2D eigenvalue weighted by atomic mass is 32.1. The largest absolute Gasteiger partial charge is 0.416 e. The zero-order valence-corrected chi connectivity index (χ0v) is 9.63. The van der Waals surface area contributed by atoms with Crippen LogP contribution in [0, 0.1) is 5.82 Å². The second-order valence-electron chi connectivity index (χ2n) is 3.17. The molecule has 0 aliphatic rings. The first-order valence-corrected chi connectivity index (χ1v) is 5.58. The summed E-state index contributed by atoms with van der Waals surface area (Å²) in [6.45, 7) is -3.29. The number of pyridine rings is 1. The maximum absolute atomic E-state index is 13.1. The van der Waals surface area contributed by atoms with Crippen molar-refractivity contribution in [2.75, 3.05) is 0 Å². The monoisotopic (exact) mass is 276 g/mol. The van der Waals surface area contributed by atoms with Gasteiger partial charge in [0.25, 0.3) is 0 Å². The first-order valence-electron chi connectivity index (χ1n) is 4.76. The standard InChI is InChI=1S/C10H7F3N2O2S/c11-5-1-7(8(14-2-5)17-10(12)13)9-15-3-6(4-16)18-9/h1-3,10,16H,4H2. The van der Waals surface area contributed by atoms with E-state index in [4.69, 9.17) is 5.11 Å². The first kappa shape index (κ1) is 12.8. The molecule has 18 heavy (non-hydrogen) atoms. The van der Waals surface area contributed by atoms with Gasteiger partial charge in [-0.1, -0.05) is 0 Å². The first-order chi connectivity index (χ1) is 8.60. The second kappa shape index (κ2) is 5.32. The second-order valence-corrected chi connectivity index (χ2v) is 4.29. The van der Waals surface area contributed by atoms with Gasteiger partial charge in [-0.15, -0.1) is 11.3 Å². The molecule has 8 heteroatoms. The molecule has 96 valence electrons. The highest BCUT2D eigenvalue weighted by molar-refractivity contribution is 7.15. The van der Waals surface area contributed by atoms with Crippen LogP contribution in [0.3, 0.4) is 0 Å². The van der Waals surface area contributed by atoms with E-state index in [2.05, 4.69) is 14.7 Å². The maximum Gasteiger partial charge on any atom is 0.388 e. The Labute approximate surface area is 104 Å². The minimum absolute atomic E-state index is 0.0278. The van der Waals surface area contributed by atoms with Crippen molar-refractivity contribution in [1.29, 1.82) is 0 Å². The molecule has 0 radical (unpaired) electrons. The summed E-state index contributed by atoms with van der Waals surface area (Å²) >= 11 is 1.04. The fourth-order valence-electron chi connectivity index (χ4n) is 1.26. The number of hydrogen-bond donors (Lipinski definition) is 1. The lowest BCUT2D eigenvalue weighted by atomic mass is 10.3. The Morgan fingerprint density at radius 3 is 2.72 bits per heavy atom. The molecule has 0 fully saturated rings. The van der Waals surface area contributed by atoms with E-state index in [1.165, 1.54) is 6.20 Å². The molecule has 0 unspecified atom stereocenters. The van der Waals surface area contributed by atoms with Crippen molar-refractivity contribution in [1.82, 2.24) is 9.97 Å². The van der Waals surface area contributed by atoms with Gasteiger partial charge in [-0.05, 0) is 6.07 Å². The maximum atomic E-state index is 13.1. The quantitative estimate of drug-likeness (QED) is 0.931. The van der Waals surface area contributed by atoms with Crippen molar-refractivity contribution in [2.24, 2.45) is 0 Å². The molecule has 0 amide bonds. The number of ether oxygens (including phenoxy) is 1. The average molecular weight is 276 g/mol. The lowest BCUT2D eigenvalue weighted by Crippen LogP contribution is -2.05. The number of thiazole rings is 1. The molecule has 2 aromatic heterocycles. The molecule has 0 bridgehead atoms. The van der Waals surface area contributed by atoms with Gasteiger partial charge in [0.15, 0.2) is 0 Å². The minimum atomic E-state index is -3.06. The van der Waals surface area contributed by atoms with Gasteiger partial charge >= 0.3 is 6.61 Å². The smallest absolute Gasteiger partial charge is 0.388 e. The zero-order valence-electron chi connectivity index (χ0n) is 8.81. The van der Waals surface area contributed by atoms with E-state index < -0.39 is 18.3 Å². The molecule has 2 rings (SSSR count). The summed E-state index contributed by atoms with van der Waals surface area (Å²) in [5.41, 5.74) is 0.0278. The van der Waals surface area contributed by atoms with Gasteiger partial charge in [0.1, 0.15) is 10.8 Å². The predicted octanol–water partition coefficient (Wildman–Crippen LogP) is 2.44. The van der Waals surface area contributed by atoms with Crippen molar-refractivity contribution in [3.8, 4) is 16.5 Å². The highest BCUT2D eigenvalue weighted by Crippen LogP contribution is 2.32. The molecule has 0 saturated carbocycles. The summed E-state index contributed by atoms with van der Waals surface area (Å²) in [7, 11) is 0. The fourth-order valence-corrected chi connectivity index (χ4v) is 2.04. The third-order valence-electron chi connectivity index (χ3n) is 1.96. The van der Waals surface area contributed by atoms with Crippen LogP contribution in [0.15, 0.2) is 18.5 Å². The number of hydrogen-bond acceptors (Lipinski definition) is 5. The molecular weight excluding hydrogens is 269 g/mol. The molecule has 0 atom stereocenters. The van der Waals surface area contributed by atoms with E-state index >= 15 is 0 Å². The van der Waals surface area contributed by atoms with Gasteiger partial charge in [-0.3, -0.25) is 0 Å². The van der Waals surface area contributed by atoms with Crippen molar-refractivity contribution < 1.29 is 23.0 Å². The number of aliphatic hydroxyl groups excluding tert-OH is 1. The van der Waals surface area contributed by atoms with Crippen LogP contribution in [0.5, 0.6) is 5.88 Å². The Bertz CT molecular complexity index is 548. The summed E-state index contributed by atoms with van der Waals surface area (Å²) in [5.74, 6) is -1.09. The van der Waals surface area contributed by atoms with Crippen molar-refractivity contribution >= 4 is 11.3 Å². The normalized spacial score (nSPS) is 10.9. The Balaban J connectivity index is 2.43. The lowest BCUT2D eigenvalue weighted by molar-refractivity contribution is -0.0524. The molecule has 0 aromatic carbocycles. The van der Waals surface area contributed by atoms with Crippen LogP contribution in [0.1, 0.15) is 4.88 Å². The van der Waals surface area contributed by atoms with E-state index in [-0.39, 0.29) is 17.2 Å². The third-order valence-corrected chi connectivity index (χ3v) is 2.97. The SMILES string of the molecule is OCc1cnc(-c2cc(F)cnc2OC(F)F)s1. The summed E-state index contributed by atoms with van der Waals surface area (Å²) in [6.07, 6.45) is 2.15. The van der Waals surface area contributed by atoms with Crippen LogP contribution < -0.4 is 4.74 Å². The van der Waals surface area contributed by atoms with Crippen LogP contribution in [0.2, 0.25) is 0 Å². The molecule has 4 nitrogen and oxygen atoms in total. The molecule has 0 saturated heterocycles. The summed E-state index contributed by atoms with van der Waals surface area (Å²) in [4.78, 5) is 7.88. The van der Waals surface area contributed by atoms with Gasteiger partial charge in [0.2, 0.25) is 5.88 Å². The summed E-state index contributed by atoms with van der Waals surface area (Å²) in [5, 5.41) is 9.15. The molecule has 0 aliphatic carbocycles. The molecule has 2 heterocycles. The Hall–Kier alpha value is -1.67. The third kappa shape index (κ3) is 2.77. The minimum Gasteiger partial charge on any atom is -0.416 e. The molecule has 0 aliphatic heterocycles. The predicted molar refractivity (Wildman–Crippen MR) is 57.9 cm³/mol. The topological polar surface area (TPSA) is 55.2 Å². The number of nitrogens with zero attached hydrogens (tertiary/aromatic N) is 2. The fraction of sp³-hybridized carbons (Fsp3) is 0.200. The number of rotatable bonds is 4. The Morgan fingerprint density at radius 1 is 1.33 bits per heavy atom. The van der Waals surface area contributed by atoms with Crippen LogP contribution in [-0.2, 0) is 6.61 Å². The zero-order chi connectivity index (χ0) is 13.1. The molecule has 0 spiro atoms. The molecular formula is C10H7F3N2O2S. The summed E-state index contributed by atoms with van der Waals surface area (Å²) in [6, 6.07) is 1.00. The van der Waals surface area contributed by atoms with E-state index in [0.717, 1.165) is 23.6 Å². The van der Waals surface area contributed by atoms with Crippen molar-refractivity contribution in [3.63, 3.8) is 0 Å². The van der Waals surface area contributed by atoms with E-state index in [1.807, 2.05) is 0 Å². The van der Waals surface area contributed by atoms with Crippen LogP contribution in [-0.4, -0.2) is 21.7 Å². The lowest BCUT2D eigenvalue weighted by Gasteiger charge is -2.07. The van der Waals surface area contributed by atoms with E-state index in [0.29, 0.717) is 4.88 Å². The van der Waals surface area contributed by atoms with Crippen LogP contribution in [0.25, 0.3) is 10.6 Å².